The van der Waals surface area contributed by atoms with E-state index in [1.807, 2.05) is 29.4 Å². The van der Waals surface area contributed by atoms with Crippen LogP contribution in [0.5, 0.6) is 0 Å². The number of carbonyl (C=O) groups is 1. The molecule has 30 heavy (non-hydrogen) atoms. The third kappa shape index (κ3) is 4.36. The summed E-state index contributed by atoms with van der Waals surface area (Å²) in [6.45, 7) is 7.54. The van der Waals surface area contributed by atoms with Crippen LogP contribution in [0.4, 0.5) is 4.79 Å². The molecule has 2 aromatic rings. The van der Waals surface area contributed by atoms with E-state index in [9.17, 15) is 4.79 Å². The minimum atomic E-state index is 0.0674. The molecule has 1 atom stereocenters. The van der Waals surface area contributed by atoms with Crippen LogP contribution in [0.2, 0.25) is 0 Å². The summed E-state index contributed by atoms with van der Waals surface area (Å²) in [4.78, 5) is 17.1. The normalized spacial score (nSPS) is 21.3. The van der Waals surface area contributed by atoms with Gasteiger partial charge in [0.1, 0.15) is 12.2 Å². The molecule has 0 bridgehead atoms. The van der Waals surface area contributed by atoms with E-state index in [0.717, 1.165) is 64.2 Å². The first-order valence-corrected chi connectivity index (χ1v) is 11.2. The van der Waals surface area contributed by atoms with E-state index >= 15 is 0 Å². The molecule has 3 heterocycles. The first-order valence-electron chi connectivity index (χ1n) is 11.2. The van der Waals surface area contributed by atoms with Crippen molar-refractivity contribution in [2.24, 2.45) is 5.41 Å². The molecule has 2 aliphatic rings. The van der Waals surface area contributed by atoms with Crippen LogP contribution in [0, 0.1) is 5.41 Å². The van der Waals surface area contributed by atoms with Crippen molar-refractivity contribution in [3.63, 3.8) is 0 Å². The molecule has 1 aromatic heterocycles. The van der Waals surface area contributed by atoms with Crippen molar-refractivity contribution >= 4 is 6.03 Å². The molecule has 1 aromatic carbocycles. The lowest BCUT2D eigenvalue weighted by Gasteiger charge is -2.42. The van der Waals surface area contributed by atoms with Gasteiger partial charge in [0.05, 0.1) is 0 Å². The van der Waals surface area contributed by atoms with Crippen molar-refractivity contribution in [2.75, 3.05) is 39.8 Å². The number of benzene rings is 1. The number of carbonyl (C=O) groups excluding carboxylic acids is 1. The molecule has 0 saturated carbocycles. The lowest BCUT2D eigenvalue weighted by molar-refractivity contribution is 0.109. The molecule has 0 aliphatic carbocycles. The molecular formula is C23H34N6O. The molecule has 1 unspecified atom stereocenters. The maximum Gasteiger partial charge on any atom is 0.317 e. The van der Waals surface area contributed by atoms with E-state index in [4.69, 9.17) is 0 Å². The van der Waals surface area contributed by atoms with Crippen LogP contribution in [0.25, 0.3) is 0 Å². The summed E-state index contributed by atoms with van der Waals surface area (Å²) in [5, 5.41) is 11.8. The number of nitrogens with zero attached hydrogens (tertiary/aromatic N) is 5. The number of hydrogen-bond acceptors (Lipinski definition) is 4. The summed E-state index contributed by atoms with van der Waals surface area (Å²) in [6.07, 6.45) is 5.86. The molecule has 2 amide bonds. The standard InChI is InChI=1S/C23H34N6O/c1-3-13-29-18-25-26-21(29)20-16-27(2)17-23(20)10-14-28(15-11-23)22(30)24-12-9-19-7-5-4-6-8-19/h4-8,18,20H,3,9-17H2,1-2H3,(H,24,30). The van der Waals surface area contributed by atoms with Crippen molar-refractivity contribution in [2.45, 2.75) is 45.1 Å². The summed E-state index contributed by atoms with van der Waals surface area (Å²) < 4.78 is 2.23. The molecule has 162 valence electrons. The van der Waals surface area contributed by atoms with Crippen molar-refractivity contribution in [3.05, 3.63) is 48.0 Å². The Morgan fingerprint density at radius 2 is 2.00 bits per heavy atom. The predicted octanol–water partition coefficient (Wildman–Crippen LogP) is 2.75. The highest BCUT2D eigenvalue weighted by molar-refractivity contribution is 5.74. The molecular weight excluding hydrogens is 376 g/mol. The van der Waals surface area contributed by atoms with Crippen LogP contribution < -0.4 is 5.32 Å². The number of piperidine rings is 1. The maximum atomic E-state index is 12.7. The SMILES string of the molecule is CCCn1cnnc1C1CN(C)CC12CCN(C(=O)NCCc1ccccc1)CC2. The number of hydrogen-bond donors (Lipinski definition) is 1. The van der Waals surface area contributed by atoms with E-state index in [0.29, 0.717) is 12.5 Å². The average molecular weight is 411 g/mol. The highest BCUT2D eigenvalue weighted by Crippen LogP contribution is 2.48. The Morgan fingerprint density at radius 3 is 2.73 bits per heavy atom. The van der Waals surface area contributed by atoms with Gasteiger partial charge in [-0.15, -0.1) is 10.2 Å². The van der Waals surface area contributed by atoms with Gasteiger partial charge in [-0.2, -0.15) is 0 Å². The van der Waals surface area contributed by atoms with Crippen LogP contribution in [0.3, 0.4) is 0 Å². The topological polar surface area (TPSA) is 66.3 Å². The molecule has 2 saturated heterocycles. The molecule has 7 heteroatoms. The fourth-order valence-electron chi connectivity index (χ4n) is 5.25. The van der Waals surface area contributed by atoms with Crippen LogP contribution in [0.15, 0.2) is 36.7 Å². The van der Waals surface area contributed by atoms with Crippen molar-refractivity contribution in [1.82, 2.24) is 29.9 Å². The monoisotopic (exact) mass is 410 g/mol. The van der Waals surface area contributed by atoms with E-state index in [2.05, 4.69) is 51.1 Å². The Balaban J connectivity index is 1.35. The van der Waals surface area contributed by atoms with E-state index in [1.165, 1.54) is 5.56 Å². The highest BCUT2D eigenvalue weighted by atomic mass is 16.2. The Hall–Kier alpha value is -2.41. The first kappa shape index (κ1) is 20.8. The molecule has 1 spiro atoms. The zero-order chi connectivity index (χ0) is 21.0. The van der Waals surface area contributed by atoms with E-state index in [-0.39, 0.29) is 11.4 Å². The van der Waals surface area contributed by atoms with Crippen LogP contribution in [-0.4, -0.2) is 70.4 Å². The summed E-state index contributed by atoms with van der Waals surface area (Å²) in [5.41, 5.74) is 1.44. The molecule has 1 N–H and O–H groups in total. The lowest BCUT2D eigenvalue weighted by atomic mass is 9.70. The van der Waals surface area contributed by atoms with Gasteiger partial charge in [0.2, 0.25) is 0 Å². The zero-order valence-corrected chi connectivity index (χ0v) is 18.3. The van der Waals surface area contributed by atoms with Gasteiger partial charge in [-0.25, -0.2) is 4.79 Å². The number of aromatic nitrogens is 3. The minimum Gasteiger partial charge on any atom is -0.338 e. The number of amides is 2. The minimum absolute atomic E-state index is 0.0674. The summed E-state index contributed by atoms with van der Waals surface area (Å²) >= 11 is 0. The number of likely N-dealkylation sites (N-methyl/N-ethyl adjacent to an activating group) is 1. The van der Waals surface area contributed by atoms with Gasteiger partial charge in [0.25, 0.3) is 0 Å². The zero-order valence-electron chi connectivity index (χ0n) is 18.3. The largest absolute Gasteiger partial charge is 0.338 e. The van der Waals surface area contributed by atoms with E-state index < -0.39 is 0 Å². The van der Waals surface area contributed by atoms with Crippen molar-refractivity contribution in [3.8, 4) is 0 Å². The number of aryl methyl sites for hydroxylation is 1. The quantitative estimate of drug-likeness (QED) is 0.795. The first-order chi connectivity index (χ1) is 14.6. The molecule has 4 rings (SSSR count). The van der Waals surface area contributed by atoms with Gasteiger partial charge in [-0.3, -0.25) is 0 Å². The van der Waals surface area contributed by atoms with E-state index in [1.54, 1.807) is 0 Å². The molecule has 0 radical (unpaired) electrons. The Labute approximate surface area is 179 Å². The second-order valence-electron chi connectivity index (χ2n) is 8.95. The van der Waals surface area contributed by atoms with Gasteiger partial charge in [0.15, 0.2) is 0 Å². The number of likely N-dealkylation sites (tertiary alicyclic amines) is 2. The molecule has 2 aliphatic heterocycles. The predicted molar refractivity (Wildman–Crippen MR) is 117 cm³/mol. The molecule has 7 nitrogen and oxygen atoms in total. The average Bonchev–Trinajstić information content (AvgIpc) is 3.33. The second kappa shape index (κ2) is 9.16. The van der Waals surface area contributed by atoms with Gasteiger partial charge in [0, 0.05) is 45.2 Å². The van der Waals surface area contributed by atoms with Crippen molar-refractivity contribution < 1.29 is 4.79 Å². The fourth-order valence-corrected chi connectivity index (χ4v) is 5.25. The van der Waals surface area contributed by atoms with Gasteiger partial charge < -0.3 is 19.7 Å². The maximum absolute atomic E-state index is 12.7. The summed E-state index contributed by atoms with van der Waals surface area (Å²) in [5.74, 6) is 1.52. The third-order valence-corrected chi connectivity index (χ3v) is 6.82. The fraction of sp³-hybridized carbons (Fsp3) is 0.609. The Morgan fingerprint density at radius 1 is 1.23 bits per heavy atom. The Bertz CT molecular complexity index is 827. The number of nitrogens with one attached hydrogen (secondary N) is 1. The van der Waals surface area contributed by atoms with Crippen LogP contribution in [0.1, 0.15) is 43.5 Å². The van der Waals surface area contributed by atoms with Crippen LogP contribution in [-0.2, 0) is 13.0 Å². The highest BCUT2D eigenvalue weighted by Gasteiger charge is 2.49. The van der Waals surface area contributed by atoms with Crippen LogP contribution >= 0.6 is 0 Å². The van der Waals surface area contributed by atoms with Gasteiger partial charge >= 0.3 is 6.03 Å². The van der Waals surface area contributed by atoms with Gasteiger partial charge in [-0.1, -0.05) is 37.3 Å². The summed E-state index contributed by atoms with van der Waals surface area (Å²) in [6, 6.07) is 10.4. The second-order valence-corrected chi connectivity index (χ2v) is 8.95. The smallest absolute Gasteiger partial charge is 0.317 e. The van der Waals surface area contributed by atoms with Gasteiger partial charge in [-0.05, 0) is 43.7 Å². The number of urea groups is 1. The number of rotatable bonds is 6. The Kier molecular flexibility index (Phi) is 6.37. The third-order valence-electron chi connectivity index (χ3n) is 6.82. The summed E-state index contributed by atoms with van der Waals surface area (Å²) in [7, 11) is 2.20. The molecule has 2 fully saturated rings. The lowest BCUT2D eigenvalue weighted by Crippen LogP contribution is -2.49. The van der Waals surface area contributed by atoms with Crippen molar-refractivity contribution in [1.29, 1.82) is 0 Å².